The normalized spacial score (nSPS) is 18.3. The molecule has 3 aromatic carbocycles. The third-order valence-corrected chi connectivity index (χ3v) is 8.95. The molecule has 0 saturated carbocycles. The zero-order chi connectivity index (χ0) is 31.1. The molecule has 0 amide bonds. The van der Waals surface area contributed by atoms with Crippen molar-refractivity contribution in [1.82, 2.24) is 10.2 Å². The number of allylic oxidation sites excluding steroid dienone is 2. The summed E-state index contributed by atoms with van der Waals surface area (Å²) in [4.78, 5) is 28.9. The smallest absolute Gasteiger partial charge is 0.336 e. The van der Waals surface area contributed by atoms with E-state index in [9.17, 15) is 14.9 Å². The van der Waals surface area contributed by atoms with Gasteiger partial charge in [-0.1, -0.05) is 72.8 Å². The van der Waals surface area contributed by atoms with Crippen molar-refractivity contribution >= 4 is 11.9 Å². The molecule has 0 aliphatic carbocycles. The maximum absolute atomic E-state index is 13.6. The maximum atomic E-state index is 13.6. The molecule has 0 radical (unpaired) electrons. The standard InChI is InChI=1S/C37H39N3O4/c1-26-32(35(41)43-3)34(29-13-10-12-28(24-29)25-38)33(27(2)39-26)36(42)44-23-11-20-40-21-18-37(19-22-40,30-14-6-4-7-15-30)31-16-8-5-9-17-31/h4-10,12-17,24,34,39H,11,18-23H2,1-3H3/t34-/m1/s1. The quantitative estimate of drug-likeness (QED) is 0.242. The molecule has 3 aromatic rings. The number of nitriles is 1. The van der Waals surface area contributed by atoms with E-state index in [1.165, 1.54) is 18.2 Å². The summed E-state index contributed by atoms with van der Waals surface area (Å²) in [5.74, 6) is -1.73. The second kappa shape index (κ2) is 13.7. The van der Waals surface area contributed by atoms with Crippen LogP contribution in [0.1, 0.15) is 61.3 Å². The monoisotopic (exact) mass is 589 g/mol. The number of esters is 2. The second-order valence-corrected chi connectivity index (χ2v) is 11.5. The summed E-state index contributed by atoms with van der Waals surface area (Å²) in [5, 5.41) is 12.6. The molecular weight excluding hydrogens is 550 g/mol. The Hall–Kier alpha value is -4.67. The van der Waals surface area contributed by atoms with Crippen LogP contribution in [-0.2, 0) is 24.5 Å². The molecule has 0 unspecified atom stereocenters. The van der Waals surface area contributed by atoms with E-state index in [1.54, 1.807) is 32.0 Å². The molecule has 226 valence electrons. The van der Waals surface area contributed by atoms with Gasteiger partial charge in [-0.05, 0) is 75.0 Å². The van der Waals surface area contributed by atoms with Crippen molar-refractivity contribution in [2.24, 2.45) is 0 Å². The number of ether oxygens (including phenoxy) is 2. The molecule has 0 spiro atoms. The number of carbonyl (C=O) groups excluding carboxylic acids is 2. The molecule has 1 atom stereocenters. The third-order valence-electron chi connectivity index (χ3n) is 8.95. The first-order valence-electron chi connectivity index (χ1n) is 15.2. The van der Waals surface area contributed by atoms with Gasteiger partial charge < -0.3 is 19.7 Å². The van der Waals surface area contributed by atoms with Gasteiger partial charge in [0, 0.05) is 23.4 Å². The van der Waals surface area contributed by atoms with E-state index < -0.39 is 17.9 Å². The van der Waals surface area contributed by atoms with Crippen LogP contribution >= 0.6 is 0 Å². The third kappa shape index (κ3) is 6.31. The Bertz CT molecular complexity index is 1550. The summed E-state index contributed by atoms with van der Waals surface area (Å²) in [5.41, 5.74) is 5.69. The number of likely N-dealkylation sites (tertiary alicyclic amines) is 1. The van der Waals surface area contributed by atoms with Crippen LogP contribution in [0.4, 0.5) is 0 Å². The van der Waals surface area contributed by atoms with E-state index >= 15 is 0 Å². The Labute approximate surface area is 259 Å². The van der Waals surface area contributed by atoms with Crippen molar-refractivity contribution in [3.05, 3.63) is 130 Å². The molecule has 7 nitrogen and oxygen atoms in total. The van der Waals surface area contributed by atoms with Crippen LogP contribution in [0.15, 0.2) is 107 Å². The average molecular weight is 590 g/mol. The van der Waals surface area contributed by atoms with Gasteiger partial charge in [-0.15, -0.1) is 0 Å². The Morgan fingerprint density at radius 2 is 1.48 bits per heavy atom. The van der Waals surface area contributed by atoms with E-state index in [4.69, 9.17) is 9.47 Å². The molecule has 2 aliphatic rings. The lowest BCUT2D eigenvalue weighted by Crippen LogP contribution is -2.43. The van der Waals surface area contributed by atoms with Crippen molar-refractivity contribution < 1.29 is 19.1 Å². The number of piperidine rings is 1. The van der Waals surface area contributed by atoms with Gasteiger partial charge in [0.1, 0.15) is 0 Å². The highest BCUT2D eigenvalue weighted by Gasteiger charge is 2.39. The van der Waals surface area contributed by atoms with Crippen molar-refractivity contribution in [1.29, 1.82) is 5.26 Å². The predicted octanol–water partition coefficient (Wildman–Crippen LogP) is 5.98. The van der Waals surface area contributed by atoms with Gasteiger partial charge in [0.2, 0.25) is 0 Å². The van der Waals surface area contributed by atoms with Crippen LogP contribution < -0.4 is 5.32 Å². The zero-order valence-electron chi connectivity index (χ0n) is 25.6. The number of carbonyl (C=O) groups is 2. The second-order valence-electron chi connectivity index (χ2n) is 11.5. The summed E-state index contributed by atoms with van der Waals surface area (Å²) in [6.45, 7) is 6.57. The van der Waals surface area contributed by atoms with Gasteiger partial charge in [-0.2, -0.15) is 5.26 Å². The SMILES string of the molecule is COC(=O)C1=C(C)NC(C)=C(C(=O)OCCCN2CCC(c3ccccc3)(c3ccccc3)CC2)[C@@H]1c1cccc(C#N)c1. The molecule has 2 aliphatic heterocycles. The Kier molecular flexibility index (Phi) is 9.62. The number of hydrogen-bond acceptors (Lipinski definition) is 7. The minimum Gasteiger partial charge on any atom is -0.466 e. The number of nitrogens with zero attached hydrogens (tertiary/aromatic N) is 2. The molecule has 2 heterocycles. The van der Waals surface area contributed by atoms with Crippen molar-refractivity contribution in [2.75, 3.05) is 33.4 Å². The highest BCUT2D eigenvalue weighted by molar-refractivity contribution is 5.99. The molecule has 1 N–H and O–H groups in total. The van der Waals surface area contributed by atoms with Gasteiger partial charge in [0.05, 0.1) is 42.4 Å². The molecule has 7 heteroatoms. The fourth-order valence-corrected chi connectivity index (χ4v) is 6.71. The fraction of sp³-hybridized carbons (Fsp3) is 0.324. The lowest BCUT2D eigenvalue weighted by atomic mass is 9.68. The molecule has 0 bridgehead atoms. The number of benzene rings is 3. The summed E-state index contributed by atoms with van der Waals surface area (Å²) in [6.07, 6.45) is 2.73. The maximum Gasteiger partial charge on any atom is 0.336 e. The Balaban J connectivity index is 1.24. The average Bonchev–Trinajstić information content (AvgIpc) is 3.07. The topological polar surface area (TPSA) is 91.7 Å². The van der Waals surface area contributed by atoms with Crippen molar-refractivity contribution in [3.8, 4) is 6.07 Å². The summed E-state index contributed by atoms with van der Waals surface area (Å²) in [6, 6.07) is 30.7. The van der Waals surface area contributed by atoms with E-state index in [-0.39, 0.29) is 12.0 Å². The van der Waals surface area contributed by atoms with Crippen LogP contribution in [0.3, 0.4) is 0 Å². The summed E-state index contributed by atoms with van der Waals surface area (Å²) in [7, 11) is 1.32. The Morgan fingerprint density at radius 3 is 2.05 bits per heavy atom. The van der Waals surface area contributed by atoms with Gasteiger partial charge in [-0.25, -0.2) is 9.59 Å². The fourth-order valence-electron chi connectivity index (χ4n) is 6.71. The Morgan fingerprint density at radius 1 is 0.886 bits per heavy atom. The van der Waals surface area contributed by atoms with Gasteiger partial charge in [-0.3, -0.25) is 0 Å². The number of methoxy groups -OCH3 is 1. The molecule has 5 rings (SSSR count). The number of dihydropyridines is 1. The van der Waals surface area contributed by atoms with Crippen molar-refractivity contribution in [3.63, 3.8) is 0 Å². The number of hydrogen-bond donors (Lipinski definition) is 1. The van der Waals surface area contributed by atoms with E-state index in [2.05, 4.69) is 76.9 Å². The molecule has 44 heavy (non-hydrogen) atoms. The summed E-state index contributed by atoms with van der Waals surface area (Å²) >= 11 is 0. The van der Waals surface area contributed by atoms with E-state index in [0.29, 0.717) is 40.1 Å². The highest BCUT2D eigenvalue weighted by Crippen LogP contribution is 2.42. The zero-order valence-corrected chi connectivity index (χ0v) is 25.6. The molecule has 0 aromatic heterocycles. The van der Waals surface area contributed by atoms with E-state index in [0.717, 1.165) is 32.5 Å². The van der Waals surface area contributed by atoms with Crippen molar-refractivity contribution in [2.45, 2.75) is 44.4 Å². The first-order chi connectivity index (χ1) is 21.4. The van der Waals surface area contributed by atoms with Gasteiger partial charge in [0.15, 0.2) is 0 Å². The van der Waals surface area contributed by atoms with Gasteiger partial charge in [0.25, 0.3) is 0 Å². The highest BCUT2D eigenvalue weighted by atomic mass is 16.5. The molecule has 1 fully saturated rings. The molecule has 1 saturated heterocycles. The minimum absolute atomic E-state index is 0.00960. The lowest BCUT2D eigenvalue weighted by molar-refractivity contribution is -0.139. The number of nitrogens with one attached hydrogen (secondary N) is 1. The first kappa shape index (κ1) is 30.8. The van der Waals surface area contributed by atoms with Crippen LogP contribution in [0.2, 0.25) is 0 Å². The van der Waals surface area contributed by atoms with Gasteiger partial charge >= 0.3 is 11.9 Å². The van der Waals surface area contributed by atoms with Crippen LogP contribution in [0.25, 0.3) is 0 Å². The minimum atomic E-state index is -0.712. The summed E-state index contributed by atoms with van der Waals surface area (Å²) < 4.78 is 10.9. The lowest BCUT2D eigenvalue weighted by Gasteiger charge is -2.43. The molecular formula is C37H39N3O4. The van der Waals surface area contributed by atoms with Crippen LogP contribution in [-0.4, -0.2) is 50.2 Å². The largest absolute Gasteiger partial charge is 0.466 e. The number of rotatable bonds is 9. The van der Waals surface area contributed by atoms with Crippen LogP contribution in [0.5, 0.6) is 0 Å². The van der Waals surface area contributed by atoms with Crippen LogP contribution in [0, 0.1) is 11.3 Å². The first-order valence-corrected chi connectivity index (χ1v) is 15.2. The van der Waals surface area contributed by atoms with E-state index in [1.807, 2.05) is 6.07 Å². The predicted molar refractivity (Wildman–Crippen MR) is 169 cm³/mol.